The van der Waals surface area contributed by atoms with Gasteiger partial charge in [0.1, 0.15) is 5.69 Å². The molecule has 0 bridgehead atoms. The van der Waals surface area contributed by atoms with E-state index in [2.05, 4.69) is 10.2 Å². The lowest BCUT2D eigenvalue weighted by Gasteiger charge is -2.20. The van der Waals surface area contributed by atoms with Gasteiger partial charge in [-0.1, -0.05) is 25.1 Å². The Labute approximate surface area is 209 Å². The summed E-state index contributed by atoms with van der Waals surface area (Å²) in [6.45, 7) is 1.07. The van der Waals surface area contributed by atoms with Gasteiger partial charge in [-0.2, -0.15) is 27.8 Å². The first-order chi connectivity index (χ1) is 17.5. The van der Waals surface area contributed by atoms with Crippen LogP contribution in [0.3, 0.4) is 0 Å². The number of anilines is 1. The van der Waals surface area contributed by atoms with Crippen molar-refractivity contribution in [1.29, 1.82) is 0 Å². The third-order valence-corrected chi connectivity index (χ3v) is 5.85. The summed E-state index contributed by atoms with van der Waals surface area (Å²) in [5, 5.41) is 8.59. The van der Waals surface area contributed by atoms with Gasteiger partial charge in [-0.15, -0.1) is 0 Å². The average Bonchev–Trinajstić information content (AvgIpc) is 3.41. The molecular weight excluding hydrogens is 497 g/mol. The van der Waals surface area contributed by atoms with Crippen molar-refractivity contribution in [3.05, 3.63) is 70.9 Å². The fourth-order valence-electron chi connectivity index (χ4n) is 4.06. The molecule has 0 aliphatic carbocycles. The zero-order valence-corrected chi connectivity index (χ0v) is 20.3. The summed E-state index contributed by atoms with van der Waals surface area (Å²) < 4.78 is 78.4. The van der Waals surface area contributed by atoms with E-state index in [1.54, 1.807) is 18.2 Å². The molecule has 1 aromatic carbocycles. The van der Waals surface area contributed by atoms with Gasteiger partial charge in [0, 0.05) is 0 Å². The molecule has 0 amide bonds. The van der Waals surface area contributed by atoms with Crippen molar-refractivity contribution in [2.45, 2.75) is 32.1 Å². The fourth-order valence-corrected chi connectivity index (χ4v) is 4.06. The maximum absolute atomic E-state index is 15.6. The maximum Gasteiger partial charge on any atom is 0.329 e. The maximum atomic E-state index is 15.6. The van der Waals surface area contributed by atoms with Gasteiger partial charge in [-0.25, -0.2) is 13.8 Å². The molecule has 4 rings (SSSR count). The number of allylic oxidation sites excluding steroid dienone is 4. The predicted molar refractivity (Wildman–Crippen MR) is 129 cm³/mol. The van der Waals surface area contributed by atoms with Gasteiger partial charge in [0.05, 0.1) is 49.7 Å². The Kier molecular flexibility index (Phi) is 6.94. The first-order valence-corrected chi connectivity index (χ1v) is 11.4. The zero-order valence-electron chi connectivity index (χ0n) is 20.3. The first-order valence-electron chi connectivity index (χ1n) is 11.4. The minimum Gasteiger partial charge on any atom is -0.491 e. The number of ether oxygens (including phenoxy) is 1. The van der Waals surface area contributed by atoms with Crippen LogP contribution in [0.25, 0.3) is 22.8 Å². The Morgan fingerprint density at radius 3 is 2.43 bits per heavy atom. The number of benzene rings is 1. The van der Waals surface area contributed by atoms with Gasteiger partial charge in [0.15, 0.2) is 17.3 Å². The van der Waals surface area contributed by atoms with Crippen molar-refractivity contribution >= 4 is 11.4 Å². The highest BCUT2D eigenvalue weighted by Gasteiger charge is 2.63. The van der Waals surface area contributed by atoms with Crippen molar-refractivity contribution in [2.24, 2.45) is 0 Å². The van der Waals surface area contributed by atoms with E-state index in [-0.39, 0.29) is 17.1 Å². The molecule has 1 aliphatic heterocycles. The van der Waals surface area contributed by atoms with Gasteiger partial charge >= 0.3 is 11.8 Å². The van der Waals surface area contributed by atoms with E-state index >= 15 is 4.39 Å². The van der Waals surface area contributed by atoms with Gasteiger partial charge in [0.2, 0.25) is 0 Å². The molecule has 2 aromatic heterocycles. The van der Waals surface area contributed by atoms with Crippen LogP contribution in [0.1, 0.15) is 20.3 Å². The highest BCUT2D eigenvalue weighted by atomic mass is 19.3. The topological polar surface area (TPSA) is 65.2 Å². The Hall–Kier alpha value is -3.96. The summed E-state index contributed by atoms with van der Waals surface area (Å²) >= 11 is 0. The molecular formula is C25H24F5N5O2. The number of rotatable bonds is 7. The van der Waals surface area contributed by atoms with Crippen LogP contribution in [-0.2, 0) is 0 Å². The molecule has 0 radical (unpaired) electrons. The van der Waals surface area contributed by atoms with Crippen molar-refractivity contribution in [3.8, 4) is 22.8 Å². The van der Waals surface area contributed by atoms with E-state index in [1.165, 1.54) is 30.1 Å². The van der Waals surface area contributed by atoms with Gasteiger partial charge in [0.25, 0.3) is 5.43 Å². The largest absolute Gasteiger partial charge is 0.491 e. The smallest absolute Gasteiger partial charge is 0.329 e. The monoisotopic (exact) mass is 521 g/mol. The third kappa shape index (κ3) is 4.63. The fraction of sp³-hybridized carbons (Fsp3) is 0.320. The molecule has 12 heteroatoms. The summed E-state index contributed by atoms with van der Waals surface area (Å²) in [6, 6.07) is 5.30. The number of hydrogen-bond acceptors (Lipinski definition) is 5. The molecule has 3 heterocycles. The summed E-state index contributed by atoms with van der Waals surface area (Å²) in [5.74, 6) is -9.85. The lowest BCUT2D eigenvalue weighted by molar-refractivity contribution is -0.172. The quantitative estimate of drug-likeness (QED) is 0.318. The minimum absolute atomic E-state index is 0.118. The molecule has 0 atom stereocenters. The number of methoxy groups -OCH3 is 1. The molecule has 196 valence electrons. The van der Waals surface area contributed by atoms with E-state index in [1.807, 2.05) is 19.9 Å². The molecule has 0 spiro atoms. The number of nitrogens with zero attached hydrogens (tertiary/aromatic N) is 5. The van der Waals surface area contributed by atoms with Crippen LogP contribution in [-0.4, -0.2) is 51.6 Å². The third-order valence-electron chi connectivity index (χ3n) is 5.85. The molecule has 1 aliphatic rings. The van der Waals surface area contributed by atoms with E-state index in [0.29, 0.717) is 22.7 Å². The molecule has 0 unspecified atom stereocenters. The molecule has 0 saturated carbocycles. The van der Waals surface area contributed by atoms with Crippen LogP contribution in [0.4, 0.5) is 27.6 Å². The number of alkyl halides is 4. The molecule has 7 nitrogen and oxygen atoms in total. The van der Waals surface area contributed by atoms with E-state index in [0.717, 1.165) is 16.9 Å². The van der Waals surface area contributed by atoms with E-state index in [9.17, 15) is 22.4 Å². The molecule has 1 saturated heterocycles. The van der Waals surface area contributed by atoms with E-state index in [4.69, 9.17) is 4.74 Å². The Morgan fingerprint density at radius 2 is 1.81 bits per heavy atom. The van der Waals surface area contributed by atoms with Crippen molar-refractivity contribution in [2.75, 3.05) is 25.1 Å². The van der Waals surface area contributed by atoms with Crippen LogP contribution in [0, 0.1) is 5.82 Å². The second-order valence-corrected chi connectivity index (χ2v) is 8.36. The molecule has 37 heavy (non-hydrogen) atoms. The summed E-state index contributed by atoms with van der Waals surface area (Å²) in [4.78, 5) is 13.7. The van der Waals surface area contributed by atoms with Gasteiger partial charge < -0.3 is 9.64 Å². The van der Waals surface area contributed by atoms with Gasteiger partial charge in [-0.05, 0) is 37.6 Å². The lowest BCUT2D eigenvalue weighted by atomic mass is 10.2. The Morgan fingerprint density at radius 1 is 1.14 bits per heavy atom. The lowest BCUT2D eigenvalue weighted by Crippen LogP contribution is -2.38. The minimum atomic E-state index is -4.31. The Bertz CT molecular complexity index is 1410. The van der Waals surface area contributed by atoms with Crippen molar-refractivity contribution in [3.63, 3.8) is 0 Å². The van der Waals surface area contributed by atoms with E-state index < -0.39 is 41.9 Å². The van der Waals surface area contributed by atoms with Crippen LogP contribution in [0.5, 0.6) is 5.75 Å². The summed E-state index contributed by atoms with van der Waals surface area (Å²) in [7, 11) is 1.26. The van der Waals surface area contributed by atoms with Gasteiger partial charge in [-0.3, -0.25) is 4.79 Å². The number of hydrogen-bond donors (Lipinski definition) is 0. The van der Waals surface area contributed by atoms with Crippen molar-refractivity contribution < 1.29 is 26.7 Å². The molecule has 0 N–H and O–H groups in total. The predicted octanol–water partition coefficient (Wildman–Crippen LogP) is 5.16. The number of halogens is 5. The zero-order chi connectivity index (χ0) is 27.0. The normalized spacial score (nSPS) is 17.1. The average molecular weight is 521 g/mol. The van der Waals surface area contributed by atoms with Crippen molar-refractivity contribution in [1.82, 2.24) is 19.6 Å². The van der Waals surface area contributed by atoms with Crippen LogP contribution < -0.4 is 15.1 Å². The SMILES string of the molecule is CC=CC(=CCC)n1nccc1-c1nn(-c2cccc(N3CC(F)(F)C(F)(F)C3)c2F)cc(OC)c1=O. The number of aromatic nitrogens is 4. The standard InChI is InChI=1S/C25H24F5N5O2/c1-4-7-16(8-5-2)35-19(11-12-31-35)22-23(36)20(37-3)13-34(32-22)18-10-6-9-17(21(18)26)33-14-24(27,28)25(29,30)15-33/h4,6-13H,5,14-15H2,1-3H3. The summed E-state index contributed by atoms with van der Waals surface area (Å²) in [5.41, 5.74) is -0.434. The Balaban J connectivity index is 1.86. The highest BCUT2D eigenvalue weighted by Crippen LogP contribution is 2.43. The van der Waals surface area contributed by atoms with Crippen LogP contribution >= 0.6 is 0 Å². The first kappa shape index (κ1) is 26.1. The second kappa shape index (κ2) is 9.83. The van der Waals surface area contributed by atoms with Crippen LogP contribution in [0.15, 0.2) is 59.7 Å². The van der Waals surface area contributed by atoms with Crippen LogP contribution in [0.2, 0.25) is 0 Å². The summed E-state index contributed by atoms with van der Waals surface area (Å²) in [6.07, 6.45) is 8.78. The molecule has 1 fully saturated rings. The highest BCUT2D eigenvalue weighted by molar-refractivity contribution is 5.66. The second-order valence-electron chi connectivity index (χ2n) is 8.36. The molecule has 3 aromatic rings.